The van der Waals surface area contributed by atoms with E-state index in [1.54, 1.807) is 68.4 Å². The highest BCUT2D eigenvalue weighted by molar-refractivity contribution is 5.96. The third kappa shape index (κ3) is 5.39. The minimum absolute atomic E-state index is 0.0624. The Balaban J connectivity index is 1.54. The fourth-order valence-electron chi connectivity index (χ4n) is 2.83. The Bertz CT molecular complexity index is 886. The van der Waals surface area contributed by atoms with Crippen LogP contribution in [0.1, 0.15) is 6.92 Å². The molecule has 2 N–H and O–H groups in total. The largest absolute Gasteiger partial charge is 0.497 e. The molecule has 1 aliphatic rings. The van der Waals surface area contributed by atoms with Crippen molar-refractivity contribution in [1.82, 2.24) is 4.90 Å². The van der Waals surface area contributed by atoms with Gasteiger partial charge in [-0.3, -0.25) is 14.5 Å². The number of ether oxygens (including phenoxy) is 3. The molecule has 0 radical (unpaired) electrons. The predicted molar refractivity (Wildman–Crippen MR) is 110 cm³/mol. The number of methoxy groups -OCH3 is 1. The molecule has 8 heteroatoms. The maximum Gasteiger partial charge on any atom is 0.241 e. The van der Waals surface area contributed by atoms with Crippen LogP contribution in [0.4, 0.5) is 11.4 Å². The van der Waals surface area contributed by atoms with Crippen LogP contribution in [0, 0.1) is 0 Å². The maximum absolute atomic E-state index is 12.6. The van der Waals surface area contributed by atoms with Gasteiger partial charge in [-0.05, 0) is 38.2 Å². The van der Waals surface area contributed by atoms with Crippen LogP contribution in [-0.4, -0.2) is 56.7 Å². The van der Waals surface area contributed by atoms with Crippen LogP contribution in [-0.2, 0) is 9.59 Å². The summed E-state index contributed by atoms with van der Waals surface area (Å²) in [7, 11) is 3.29. The van der Waals surface area contributed by atoms with E-state index < -0.39 is 6.04 Å². The van der Waals surface area contributed by atoms with Crippen molar-refractivity contribution in [3.8, 4) is 17.2 Å². The van der Waals surface area contributed by atoms with E-state index in [9.17, 15) is 9.59 Å². The summed E-state index contributed by atoms with van der Waals surface area (Å²) in [6.07, 6.45) is 0. The first-order chi connectivity index (χ1) is 14.0. The standard InChI is InChI=1S/C21H25N3O5/c1-14(21(26)23-16-7-8-18-19(12-16)29-10-9-28-18)24(2)13-20(25)22-15-5-4-6-17(11-15)27-3/h4-8,11-12,14H,9-10,13H2,1-3H3,(H,22,25)(H,23,26). The number of likely N-dealkylation sites (N-methyl/N-ethyl adjacent to an activating group) is 1. The molecule has 0 saturated heterocycles. The van der Waals surface area contributed by atoms with Crippen molar-refractivity contribution < 1.29 is 23.8 Å². The lowest BCUT2D eigenvalue weighted by molar-refractivity contribution is -0.122. The van der Waals surface area contributed by atoms with Crippen LogP contribution in [0.2, 0.25) is 0 Å². The van der Waals surface area contributed by atoms with Gasteiger partial charge in [-0.2, -0.15) is 0 Å². The molecule has 29 heavy (non-hydrogen) atoms. The van der Waals surface area contributed by atoms with Gasteiger partial charge in [0, 0.05) is 23.5 Å². The van der Waals surface area contributed by atoms with Gasteiger partial charge in [0.1, 0.15) is 19.0 Å². The van der Waals surface area contributed by atoms with Gasteiger partial charge in [-0.25, -0.2) is 0 Å². The molecular formula is C21H25N3O5. The van der Waals surface area contributed by atoms with Crippen LogP contribution < -0.4 is 24.8 Å². The molecule has 2 amide bonds. The fraction of sp³-hybridized carbons (Fsp3) is 0.333. The topological polar surface area (TPSA) is 89.1 Å². The van der Waals surface area contributed by atoms with Crippen LogP contribution in [0.3, 0.4) is 0 Å². The van der Waals surface area contributed by atoms with E-state index in [0.717, 1.165) is 0 Å². The molecule has 3 rings (SSSR count). The highest BCUT2D eigenvalue weighted by Crippen LogP contribution is 2.32. The van der Waals surface area contributed by atoms with Crippen molar-refractivity contribution in [2.45, 2.75) is 13.0 Å². The number of amides is 2. The number of benzene rings is 2. The zero-order chi connectivity index (χ0) is 20.8. The number of nitrogens with zero attached hydrogens (tertiary/aromatic N) is 1. The molecule has 0 saturated carbocycles. The monoisotopic (exact) mass is 399 g/mol. The van der Waals surface area contributed by atoms with Crippen molar-refractivity contribution in [2.75, 3.05) is 44.5 Å². The Labute approximate surface area is 169 Å². The van der Waals surface area contributed by atoms with E-state index in [-0.39, 0.29) is 18.4 Å². The number of fused-ring (bicyclic) bond motifs is 1. The summed E-state index contributed by atoms with van der Waals surface area (Å²) >= 11 is 0. The van der Waals surface area contributed by atoms with Gasteiger partial charge in [0.2, 0.25) is 11.8 Å². The number of hydrogen-bond acceptors (Lipinski definition) is 6. The third-order valence-corrected chi connectivity index (χ3v) is 4.60. The van der Waals surface area contributed by atoms with E-state index in [4.69, 9.17) is 14.2 Å². The first-order valence-corrected chi connectivity index (χ1v) is 9.31. The molecule has 0 aliphatic carbocycles. The Hall–Kier alpha value is -3.26. The lowest BCUT2D eigenvalue weighted by Gasteiger charge is -2.24. The molecule has 2 aromatic rings. The molecule has 2 aromatic carbocycles. The molecule has 0 bridgehead atoms. The second-order valence-electron chi connectivity index (χ2n) is 6.72. The quantitative estimate of drug-likeness (QED) is 0.743. The van der Waals surface area contributed by atoms with E-state index in [0.29, 0.717) is 41.8 Å². The summed E-state index contributed by atoms with van der Waals surface area (Å²) in [6, 6.07) is 11.8. The smallest absolute Gasteiger partial charge is 0.241 e. The maximum atomic E-state index is 12.6. The van der Waals surface area contributed by atoms with Crippen molar-refractivity contribution >= 4 is 23.2 Å². The number of hydrogen-bond donors (Lipinski definition) is 2. The number of carbonyl (C=O) groups is 2. The number of rotatable bonds is 7. The van der Waals surface area contributed by atoms with Gasteiger partial charge in [0.05, 0.1) is 19.7 Å². The number of anilines is 2. The van der Waals surface area contributed by atoms with Crippen LogP contribution in [0.5, 0.6) is 17.2 Å². The van der Waals surface area contributed by atoms with E-state index in [1.807, 2.05) is 0 Å². The Morgan fingerprint density at radius 2 is 1.79 bits per heavy atom. The molecule has 154 valence electrons. The van der Waals surface area contributed by atoms with Gasteiger partial charge in [-0.1, -0.05) is 6.07 Å². The average Bonchev–Trinajstić information content (AvgIpc) is 2.73. The molecule has 0 fully saturated rings. The highest BCUT2D eigenvalue weighted by Gasteiger charge is 2.21. The minimum Gasteiger partial charge on any atom is -0.497 e. The average molecular weight is 399 g/mol. The van der Waals surface area contributed by atoms with Gasteiger partial charge < -0.3 is 24.8 Å². The molecule has 1 heterocycles. The lowest BCUT2D eigenvalue weighted by atomic mass is 10.2. The van der Waals surface area contributed by atoms with Crippen molar-refractivity contribution in [1.29, 1.82) is 0 Å². The molecule has 0 aromatic heterocycles. The van der Waals surface area contributed by atoms with Crippen LogP contribution >= 0.6 is 0 Å². The van der Waals surface area contributed by atoms with Crippen molar-refractivity contribution in [3.05, 3.63) is 42.5 Å². The summed E-state index contributed by atoms with van der Waals surface area (Å²) in [6.45, 7) is 2.80. The first kappa shape index (κ1) is 20.5. The van der Waals surface area contributed by atoms with Gasteiger partial charge in [-0.15, -0.1) is 0 Å². The van der Waals surface area contributed by atoms with Crippen molar-refractivity contribution in [3.63, 3.8) is 0 Å². The number of nitrogens with one attached hydrogen (secondary N) is 2. The van der Waals surface area contributed by atoms with Crippen molar-refractivity contribution in [2.24, 2.45) is 0 Å². The summed E-state index contributed by atoms with van der Waals surface area (Å²) in [5, 5.41) is 5.65. The Morgan fingerprint density at radius 1 is 1.07 bits per heavy atom. The highest BCUT2D eigenvalue weighted by atomic mass is 16.6. The second kappa shape index (κ2) is 9.29. The summed E-state index contributed by atoms with van der Waals surface area (Å²) in [4.78, 5) is 26.6. The summed E-state index contributed by atoms with van der Waals surface area (Å²) in [5.74, 6) is 1.47. The van der Waals surface area contributed by atoms with Crippen LogP contribution in [0.15, 0.2) is 42.5 Å². The Kier molecular flexibility index (Phi) is 6.56. The van der Waals surface area contributed by atoms with E-state index in [2.05, 4.69) is 10.6 Å². The zero-order valence-electron chi connectivity index (χ0n) is 16.7. The number of carbonyl (C=O) groups excluding carboxylic acids is 2. The third-order valence-electron chi connectivity index (χ3n) is 4.60. The first-order valence-electron chi connectivity index (χ1n) is 9.31. The Morgan fingerprint density at radius 3 is 2.55 bits per heavy atom. The molecular weight excluding hydrogens is 374 g/mol. The van der Waals surface area contributed by atoms with Gasteiger partial charge in [0.15, 0.2) is 11.5 Å². The molecule has 8 nitrogen and oxygen atoms in total. The summed E-state index contributed by atoms with van der Waals surface area (Å²) in [5.41, 5.74) is 1.25. The normalized spacial score (nSPS) is 13.5. The summed E-state index contributed by atoms with van der Waals surface area (Å²) < 4.78 is 16.2. The predicted octanol–water partition coefficient (Wildman–Crippen LogP) is 2.36. The molecule has 1 atom stereocenters. The van der Waals surface area contributed by atoms with Gasteiger partial charge >= 0.3 is 0 Å². The minimum atomic E-state index is -0.515. The second-order valence-corrected chi connectivity index (χ2v) is 6.72. The zero-order valence-corrected chi connectivity index (χ0v) is 16.7. The van der Waals surface area contributed by atoms with E-state index >= 15 is 0 Å². The van der Waals surface area contributed by atoms with E-state index in [1.165, 1.54) is 0 Å². The molecule has 0 spiro atoms. The van der Waals surface area contributed by atoms with Gasteiger partial charge in [0.25, 0.3) is 0 Å². The fourth-order valence-corrected chi connectivity index (χ4v) is 2.83. The SMILES string of the molecule is COc1cccc(NC(=O)CN(C)C(C)C(=O)Nc2ccc3c(c2)OCCO3)c1. The van der Waals surface area contributed by atoms with Crippen LogP contribution in [0.25, 0.3) is 0 Å². The molecule has 1 unspecified atom stereocenters. The molecule has 1 aliphatic heterocycles. The lowest BCUT2D eigenvalue weighted by Crippen LogP contribution is -2.43.